The van der Waals surface area contributed by atoms with E-state index in [2.05, 4.69) is 52.1 Å². The summed E-state index contributed by atoms with van der Waals surface area (Å²) in [6.07, 6.45) is 0. The molecule has 0 saturated heterocycles. The van der Waals surface area contributed by atoms with Gasteiger partial charge < -0.3 is 25.4 Å². The second-order valence-electron chi connectivity index (χ2n) is 4.94. The number of benzene rings is 1. The first-order valence-corrected chi connectivity index (χ1v) is 8.21. The highest BCUT2D eigenvalue weighted by Crippen LogP contribution is 2.10. The van der Waals surface area contributed by atoms with Gasteiger partial charge in [-0.3, -0.25) is 0 Å². The molecule has 0 aliphatic heterocycles. The monoisotopic (exact) mass is 322 g/mol. The Bertz CT molecular complexity index is 435. The van der Waals surface area contributed by atoms with Gasteiger partial charge in [0.05, 0.1) is 19.8 Å². The molecule has 0 fully saturated rings. The van der Waals surface area contributed by atoms with Crippen molar-refractivity contribution in [3.63, 3.8) is 0 Å². The van der Waals surface area contributed by atoms with E-state index < -0.39 is 0 Å². The van der Waals surface area contributed by atoms with Gasteiger partial charge in [0.2, 0.25) is 0 Å². The number of hydrogen-bond acceptors (Lipinski definition) is 4. The lowest BCUT2D eigenvalue weighted by Crippen LogP contribution is -2.39. The molecule has 0 heterocycles. The van der Waals surface area contributed by atoms with E-state index in [9.17, 15) is 0 Å². The molecule has 0 amide bonds. The topological polar surface area (TPSA) is 66.9 Å². The van der Waals surface area contributed by atoms with Crippen LogP contribution in [0.15, 0.2) is 29.3 Å². The first kappa shape index (κ1) is 19.3. The van der Waals surface area contributed by atoms with Crippen LogP contribution in [-0.2, 0) is 16.0 Å². The van der Waals surface area contributed by atoms with E-state index in [0.29, 0.717) is 19.8 Å². The van der Waals surface area contributed by atoms with E-state index in [1.807, 2.05) is 6.92 Å². The third-order valence-electron chi connectivity index (χ3n) is 3.10. The van der Waals surface area contributed by atoms with E-state index in [4.69, 9.17) is 9.47 Å². The molecule has 0 spiro atoms. The van der Waals surface area contributed by atoms with Crippen LogP contribution in [0.1, 0.15) is 19.4 Å². The number of hydrogen-bond donors (Lipinski definition) is 3. The Morgan fingerprint density at radius 1 is 1.04 bits per heavy atom. The average Bonchev–Trinajstić information content (AvgIpc) is 2.58. The maximum Gasteiger partial charge on any atom is 0.191 e. The lowest BCUT2D eigenvalue weighted by atomic mass is 10.2. The van der Waals surface area contributed by atoms with Gasteiger partial charge in [-0.15, -0.1) is 0 Å². The number of rotatable bonds is 11. The Kier molecular flexibility index (Phi) is 10.7. The number of methoxy groups -OCH3 is 1. The maximum absolute atomic E-state index is 5.32. The van der Waals surface area contributed by atoms with Crippen LogP contribution in [0.5, 0.6) is 0 Å². The summed E-state index contributed by atoms with van der Waals surface area (Å²) in [4.78, 5) is 4.58. The second-order valence-corrected chi connectivity index (χ2v) is 4.94. The van der Waals surface area contributed by atoms with Crippen LogP contribution < -0.4 is 16.0 Å². The molecule has 1 aromatic rings. The van der Waals surface area contributed by atoms with Crippen molar-refractivity contribution >= 4 is 11.6 Å². The molecule has 6 heteroatoms. The van der Waals surface area contributed by atoms with Crippen LogP contribution >= 0.6 is 0 Å². The van der Waals surface area contributed by atoms with Crippen LogP contribution in [0.4, 0.5) is 5.69 Å². The van der Waals surface area contributed by atoms with Gasteiger partial charge in [-0.25, -0.2) is 4.99 Å². The van der Waals surface area contributed by atoms with Gasteiger partial charge in [-0.2, -0.15) is 0 Å². The number of anilines is 1. The summed E-state index contributed by atoms with van der Waals surface area (Å²) in [5, 5.41) is 9.79. The zero-order valence-electron chi connectivity index (χ0n) is 14.5. The molecule has 0 saturated carbocycles. The van der Waals surface area contributed by atoms with Crippen molar-refractivity contribution < 1.29 is 9.47 Å². The highest BCUT2D eigenvalue weighted by Gasteiger charge is 1.98. The molecule has 3 N–H and O–H groups in total. The van der Waals surface area contributed by atoms with Crippen LogP contribution in [0.2, 0.25) is 0 Å². The summed E-state index contributed by atoms with van der Waals surface area (Å²) < 4.78 is 10.3. The fourth-order valence-electron chi connectivity index (χ4n) is 1.92. The average molecular weight is 322 g/mol. The van der Waals surface area contributed by atoms with Crippen molar-refractivity contribution in [2.24, 2.45) is 4.99 Å². The minimum absolute atomic E-state index is 0.641. The fourth-order valence-corrected chi connectivity index (χ4v) is 1.92. The Balaban J connectivity index is 2.44. The second kappa shape index (κ2) is 12.7. The van der Waals surface area contributed by atoms with E-state index >= 15 is 0 Å². The molecule has 0 bridgehead atoms. The first-order chi connectivity index (χ1) is 11.3. The number of nitrogens with one attached hydrogen (secondary N) is 3. The minimum Gasteiger partial charge on any atom is -0.383 e. The van der Waals surface area contributed by atoms with Crippen molar-refractivity contribution in [3.05, 3.63) is 29.8 Å². The lowest BCUT2D eigenvalue weighted by molar-refractivity contribution is 0.152. The summed E-state index contributed by atoms with van der Waals surface area (Å²) in [7, 11) is 1.70. The van der Waals surface area contributed by atoms with Crippen molar-refractivity contribution in [3.8, 4) is 0 Å². The van der Waals surface area contributed by atoms with Gasteiger partial charge >= 0.3 is 0 Å². The van der Waals surface area contributed by atoms with Gasteiger partial charge in [0.1, 0.15) is 0 Å². The molecule has 0 aromatic heterocycles. The van der Waals surface area contributed by atoms with Gasteiger partial charge in [-0.05, 0) is 31.5 Å². The number of ether oxygens (including phenoxy) is 2. The summed E-state index contributed by atoms with van der Waals surface area (Å²) in [5.74, 6) is 0.814. The predicted octanol–water partition coefficient (Wildman–Crippen LogP) is 1.84. The van der Waals surface area contributed by atoms with Gasteiger partial charge in [0.25, 0.3) is 0 Å². The van der Waals surface area contributed by atoms with Crippen LogP contribution in [0.25, 0.3) is 0 Å². The Labute approximate surface area is 139 Å². The van der Waals surface area contributed by atoms with E-state index in [1.54, 1.807) is 7.11 Å². The minimum atomic E-state index is 0.641. The molecule has 130 valence electrons. The number of guanidine groups is 1. The predicted molar refractivity (Wildman–Crippen MR) is 96.1 cm³/mol. The van der Waals surface area contributed by atoms with Crippen LogP contribution in [0.3, 0.4) is 0 Å². The van der Waals surface area contributed by atoms with Crippen LogP contribution in [0, 0.1) is 0 Å². The van der Waals surface area contributed by atoms with E-state index in [0.717, 1.165) is 37.9 Å². The van der Waals surface area contributed by atoms with Gasteiger partial charge in [0, 0.05) is 39.0 Å². The number of nitrogens with zero attached hydrogens (tertiary/aromatic N) is 1. The molecule has 0 radical (unpaired) electrons. The van der Waals surface area contributed by atoms with Crippen LogP contribution in [-0.4, -0.2) is 52.5 Å². The molecule has 23 heavy (non-hydrogen) atoms. The molecule has 0 unspecified atom stereocenters. The normalized spacial score (nSPS) is 11.3. The smallest absolute Gasteiger partial charge is 0.191 e. The van der Waals surface area contributed by atoms with E-state index in [-0.39, 0.29) is 0 Å². The summed E-state index contributed by atoms with van der Waals surface area (Å²) in [6.45, 7) is 9.21. The third kappa shape index (κ3) is 9.05. The zero-order valence-corrected chi connectivity index (χ0v) is 14.5. The molecular weight excluding hydrogens is 292 g/mol. The first-order valence-electron chi connectivity index (χ1n) is 8.21. The summed E-state index contributed by atoms with van der Waals surface area (Å²) in [6, 6.07) is 8.30. The molecular formula is C17H30N4O2. The highest BCUT2D eigenvalue weighted by atomic mass is 16.5. The van der Waals surface area contributed by atoms with Crippen molar-refractivity contribution in [1.82, 2.24) is 10.6 Å². The molecule has 1 aromatic carbocycles. The Morgan fingerprint density at radius 3 is 2.48 bits per heavy atom. The summed E-state index contributed by atoms with van der Waals surface area (Å²) >= 11 is 0. The molecule has 0 aliphatic rings. The van der Waals surface area contributed by atoms with E-state index in [1.165, 1.54) is 5.56 Å². The molecule has 0 atom stereocenters. The Morgan fingerprint density at radius 2 is 1.83 bits per heavy atom. The van der Waals surface area contributed by atoms with Crippen molar-refractivity contribution in [2.45, 2.75) is 20.4 Å². The van der Waals surface area contributed by atoms with Gasteiger partial charge in [0.15, 0.2) is 5.96 Å². The zero-order chi connectivity index (χ0) is 16.8. The van der Waals surface area contributed by atoms with Crippen molar-refractivity contribution in [2.75, 3.05) is 51.9 Å². The number of aliphatic imine (C=N–C) groups is 1. The maximum atomic E-state index is 5.32. The largest absolute Gasteiger partial charge is 0.383 e. The van der Waals surface area contributed by atoms with Gasteiger partial charge in [-0.1, -0.05) is 12.1 Å². The fraction of sp³-hybridized carbons (Fsp3) is 0.588. The third-order valence-corrected chi connectivity index (χ3v) is 3.10. The summed E-state index contributed by atoms with van der Waals surface area (Å²) in [5.41, 5.74) is 2.26. The molecule has 1 rings (SSSR count). The SMILES string of the molecule is CCNC(=NCc1ccc(NCCOC)cc1)NCCOCC. The standard InChI is InChI=1S/C17H30N4O2/c1-4-18-17(20-11-13-23-5-2)21-14-15-6-8-16(9-7-15)19-10-12-22-3/h6-9,19H,4-5,10-14H2,1-3H3,(H2,18,20,21). The lowest BCUT2D eigenvalue weighted by Gasteiger charge is -2.11. The molecule has 0 aliphatic carbocycles. The molecule has 6 nitrogen and oxygen atoms in total. The van der Waals surface area contributed by atoms with Crippen molar-refractivity contribution in [1.29, 1.82) is 0 Å². The highest BCUT2D eigenvalue weighted by molar-refractivity contribution is 5.79. The Hall–Kier alpha value is -1.79. The quantitative estimate of drug-likeness (QED) is 0.329.